The summed E-state index contributed by atoms with van der Waals surface area (Å²) in [4.78, 5) is 4.15. The lowest BCUT2D eigenvalue weighted by atomic mass is 9.73. The molecule has 0 saturated heterocycles. The van der Waals surface area contributed by atoms with E-state index < -0.39 is 5.67 Å². The molecule has 1 aromatic heterocycles. The first-order chi connectivity index (χ1) is 11.1. The van der Waals surface area contributed by atoms with Gasteiger partial charge in [0.05, 0.1) is 12.8 Å². The number of benzene rings is 1. The monoisotopic (exact) mass is 335 g/mol. The van der Waals surface area contributed by atoms with Crippen LogP contribution in [-0.2, 0) is 12.2 Å². The molecular weight excluding hydrogens is 317 g/mol. The molecule has 0 atom stereocenters. The third-order valence-electron chi connectivity index (χ3n) is 4.06. The van der Waals surface area contributed by atoms with Gasteiger partial charge in [0.25, 0.3) is 0 Å². The van der Waals surface area contributed by atoms with Gasteiger partial charge in [0.1, 0.15) is 11.4 Å². The van der Waals surface area contributed by atoms with Crippen molar-refractivity contribution >= 4 is 17.6 Å². The van der Waals surface area contributed by atoms with E-state index in [0.29, 0.717) is 35.9 Å². The first-order valence-electron chi connectivity index (χ1n) is 7.53. The second-order valence-corrected chi connectivity index (χ2v) is 6.17. The van der Waals surface area contributed by atoms with E-state index in [2.05, 4.69) is 15.6 Å². The van der Waals surface area contributed by atoms with Crippen LogP contribution in [0, 0.1) is 0 Å². The smallest absolute Gasteiger partial charge is 0.191 e. The van der Waals surface area contributed by atoms with Gasteiger partial charge in [-0.3, -0.25) is 4.99 Å². The van der Waals surface area contributed by atoms with Crippen LogP contribution in [0.2, 0.25) is 5.02 Å². The predicted octanol–water partition coefficient (Wildman–Crippen LogP) is 3.63. The van der Waals surface area contributed by atoms with E-state index in [4.69, 9.17) is 16.0 Å². The fourth-order valence-electron chi connectivity index (χ4n) is 2.80. The number of furan rings is 1. The van der Waals surface area contributed by atoms with Crippen molar-refractivity contribution in [3.8, 4) is 0 Å². The number of hydrogen-bond donors (Lipinski definition) is 2. The molecule has 1 aliphatic carbocycles. The molecule has 0 amide bonds. The Labute approximate surface area is 139 Å². The molecule has 2 aromatic rings. The minimum absolute atomic E-state index is 0.0433. The molecule has 0 unspecified atom stereocenters. The number of alkyl halides is 1. The summed E-state index contributed by atoms with van der Waals surface area (Å²) >= 11 is 5.94. The number of nitrogens with one attached hydrogen (secondary N) is 2. The van der Waals surface area contributed by atoms with Gasteiger partial charge in [-0.15, -0.1) is 0 Å². The number of halogens is 2. The van der Waals surface area contributed by atoms with Crippen LogP contribution in [0.3, 0.4) is 0 Å². The zero-order valence-electron chi connectivity index (χ0n) is 12.9. The third-order valence-corrected chi connectivity index (χ3v) is 4.29. The van der Waals surface area contributed by atoms with Crippen LogP contribution in [0.1, 0.15) is 24.2 Å². The number of aliphatic imine (C=N–C) groups is 1. The minimum atomic E-state index is -1.32. The molecule has 1 fully saturated rings. The van der Waals surface area contributed by atoms with Gasteiger partial charge in [-0.2, -0.15) is 0 Å². The average molecular weight is 336 g/mol. The molecule has 1 aromatic carbocycles. The zero-order chi connectivity index (χ0) is 16.3. The Bertz CT molecular complexity index is 681. The zero-order valence-corrected chi connectivity index (χ0v) is 13.6. The van der Waals surface area contributed by atoms with E-state index in [1.165, 1.54) is 0 Å². The Morgan fingerprint density at radius 3 is 2.87 bits per heavy atom. The SMILES string of the molecule is CN=C(NCc1ccco1)NC1CC(F)(c2cccc(Cl)c2)C1. The Balaban J connectivity index is 1.52. The van der Waals surface area contributed by atoms with Gasteiger partial charge < -0.3 is 15.1 Å². The number of hydrogen-bond acceptors (Lipinski definition) is 2. The first-order valence-corrected chi connectivity index (χ1v) is 7.91. The van der Waals surface area contributed by atoms with Crippen molar-refractivity contribution in [2.24, 2.45) is 4.99 Å². The van der Waals surface area contributed by atoms with E-state index >= 15 is 0 Å². The average Bonchev–Trinajstić information content (AvgIpc) is 3.02. The fraction of sp³-hybridized carbons (Fsp3) is 0.353. The molecule has 0 bridgehead atoms. The van der Waals surface area contributed by atoms with Gasteiger partial charge in [0, 0.05) is 31.0 Å². The second-order valence-electron chi connectivity index (χ2n) is 5.73. The maximum atomic E-state index is 14.9. The van der Waals surface area contributed by atoms with Crippen molar-refractivity contribution in [1.82, 2.24) is 10.6 Å². The lowest BCUT2D eigenvalue weighted by Crippen LogP contribution is -2.53. The highest BCUT2D eigenvalue weighted by Crippen LogP contribution is 2.45. The normalized spacial score (nSPS) is 24.1. The van der Waals surface area contributed by atoms with Crippen LogP contribution in [0.4, 0.5) is 4.39 Å². The number of rotatable bonds is 4. The number of nitrogens with zero attached hydrogens (tertiary/aromatic N) is 1. The largest absolute Gasteiger partial charge is 0.467 e. The maximum Gasteiger partial charge on any atom is 0.191 e. The van der Waals surface area contributed by atoms with E-state index in [-0.39, 0.29) is 6.04 Å². The molecule has 6 heteroatoms. The Morgan fingerprint density at radius 1 is 1.39 bits per heavy atom. The molecule has 3 rings (SSSR count). The summed E-state index contributed by atoms with van der Waals surface area (Å²) in [5, 5.41) is 6.94. The van der Waals surface area contributed by atoms with Gasteiger partial charge in [0.15, 0.2) is 5.96 Å². The van der Waals surface area contributed by atoms with Crippen molar-refractivity contribution in [2.75, 3.05) is 7.05 Å². The predicted molar refractivity (Wildman–Crippen MR) is 89.3 cm³/mol. The van der Waals surface area contributed by atoms with E-state index in [1.54, 1.807) is 37.6 Å². The van der Waals surface area contributed by atoms with Gasteiger partial charge in [-0.25, -0.2) is 4.39 Å². The van der Waals surface area contributed by atoms with Gasteiger partial charge in [-0.05, 0) is 29.8 Å². The lowest BCUT2D eigenvalue weighted by Gasteiger charge is -2.42. The third kappa shape index (κ3) is 3.67. The van der Waals surface area contributed by atoms with Crippen LogP contribution < -0.4 is 10.6 Å². The summed E-state index contributed by atoms with van der Waals surface area (Å²) in [6.45, 7) is 0.536. The quantitative estimate of drug-likeness (QED) is 0.662. The summed E-state index contributed by atoms with van der Waals surface area (Å²) in [6.07, 6.45) is 2.42. The van der Waals surface area contributed by atoms with Gasteiger partial charge in [0.2, 0.25) is 0 Å². The van der Waals surface area contributed by atoms with E-state index in [1.807, 2.05) is 12.1 Å². The Kier molecular flexibility index (Phi) is 4.57. The first kappa shape index (κ1) is 15.9. The lowest BCUT2D eigenvalue weighted by molar-refractivity contribution is 0.0324. The van der Waals surface area contributed by atoms with Crippen molar-refractivity contribution < 1.29 is 8.81 Å². The molecule has 1 aliphatic rings. The van der Waals surface area contributed by atoms with Gasteiger partial charge in [-0.1, -0.05) is 23.7 Å². The van der Waals surface area contributed by atoms with E-state index in [9.17, 15) is 4.39 Å². The molecule has 0 radical (unpaired) electrons. The Hall–Kier alpha value is -2.01. The number of guanidine groups is 1. The van der Waals surface area contributed by atoms with Crippen molar-refractivity contribution in [3.63, 3.8) is 0 Å². The molecule has 1 saturated carbocycles. The topological polar surface area (TPSA) is 49.6 Å². The van der Waals surface area contributed by atoms with Crippen LogP contribution in [0.5, 0.6) is 0 Å². The van der Waals surface area contributed by atoms with Crippen molar-refractivity contribution in [3.05, 3.63) is 59.0 Å². The highest BCUT2D eigenvalue weighted by molar-refractivity contribution is 6.30. The summed E-state index contributed by atoms with van der Waals surface area (Å²) in [5.41, 5.74) is -0.677. The Morgan fingerprint density at radius 2 is 2.22 bits per heavy atom. The van der Waals surface area contributed by atoms with Gasteiger partial charge >= 0.3 is 0 Å². The molecule has 23 heavy (non-hydrogen) atoms. The highest BCUT2D eigenvalue weighted by atomic mass is 35.5. The second kappa shape index (κ2) is 6.62. The molecule has 0 spiro atoms. The molecule has 122 valence electrons. The summed E-state index contributed by atoms with van der Waals surface area (Å²) < 4.78 is 20.1. The van der Waals surface area contributed by atoms with Crippen LogP contribution >= 0.6 is 11.6 Å². The van der Waals surface area contributed by atoms with Crippen LogP contribution in [-0.4, -0.2) is 19.0 Å². The van der Waals surface area contributed by atoms with E-state index in [0.717, 1.165) is 5.76 Å². The van der Waals surface area contributed by atoms with Crippen molar-refractivity contribution in [1.29, 1.82) is 0 Å². The standard InChI is InChI=1S/C17H19ClFN3O/c1-20-16(21-11-15-6-3-7-23-15)22-14-9-17(19,10-14)12-4-2-5-13(18)8-12/h2-8,14H,9-11H2,1H3,(H2,20,21,22). The molecule has 4 nitrogen and oxygen atoms in total. The fourth-order valence-corrected chi connectivity index (χ4v) is 2.99. The van der Waals surface area contributed by atoms with Crippen LogP contribution in [0.15, 0.2) is 52.1 Å². The van der Waals surface area contributed by atoms with Crippen LogP contribution in [0.25, 0.3) is 0 Å². The minimum Gasteiger partial charge on any atom is -0.467 e. The maximum absolute atomic E-state index is 14.9. The molecular formula is C17H19ClFN3O. The summed E-state index contributed by atoms with van der Waals surface area (Å²) in [5.74, 6) is 1.46. The molecule has 2 N–H and O–H groups in total. The summed E-state index contributed by atoms with van der Waals surface area (Å²) in [7, 11) is 1.69. The molecule has 1 heterocycles. The summed E-state index contributed by atoms with van der Waals surface area (Å²) in [6, 6.07) is 10.8. The highest BCUT2D eigenvalue weighted by Gasteiger charge is 2.46. The molecule has 0 aliphatic heterocycles. The van der Waals surface area contributed by atoms with Crippen molar-refractivity contribution in [2.45, 2.75) is 31.1 Å².